The number of aryl methyl sites for hydroxylation is 2. The molecule has 5 rings (SSSR count). The van der Waals surface area contributed by atoms with Crippen LogP contribution in [0.5, 0.6) is 0 Å². The fourth-order valence-electron chi connectivity index (χ4n) is 4.87. The van der Waals surface area contributed by atoms with E-state index < -0.39 is 5.69 Å². The predicted octanol–water partition coefficient (Wildman–Crippen LogP) is 0.759. The highest BCUT2D eigenvalue weighted by Gasteiger charge is 2.26. The van der Waals surface area contributed by atoms with Crippen molar-refractivity contribution in [3.63, 3.8) is 0 Å². The SMILES string of the molecule is CCn1c(N2CCCC(N)C2)nc2c1c(=O)n(CC1=NCCNc3ccccc31)c(=O)n2C. The number of imidazole rings is 1. The molecule has 10 heteroatoms. The van der Waals surface area contributed by atoms with Gasteiger partial charge in [0, 0.05) is 50.5 Å². The molecule has 3 aromatic rings. The first-order chi connectivity index (χ1) is 16.0. The lowest BCUT2D eigenvalue weighted by Gasteiger charge is -2.31. The highest BCUT2D eigenvalue weighted by Crippen LogP contribution is 2.23. The van der Waals surface area contributed by atoms with E-state index in [2.05, 4.69) is 15.2 Å². The first-order valence-corrected chi connectivity index (χ1v) is 11.6. The van der Waals surface area contributed by atoms with E-state index in [1.54, 1.807) is 7.05 Å². The zero-order valence-corrected chi connectivity index (χ0v) is 19.1. The number of nitrogens with two attached hydrogens (primary N) is 1. The number of aliphatic imine (C=N–C) groups is 1. The molecule has 0 radical (unpaired) electrons. The summed E-state index contributed by atoms with van der Waals surface area (Å²) < 4.78 is 4.66. The molecule has 1 saturated heterocycles. The number of benzene rings is 1. The van der Waals surface area contributed by atoms with Crippen LogP contribution in [-0.4, -0.2) is 56.6 Å². The third kappa shape index (κ3) is 3.64. The van der Waals surface area contributed by atoms with E-state index in [4.69, 9.17) is 10.7 Å². The van der Waals surface area contributed by atoms with Gasteiger partial charge in [-0.2, -0.15) is 4.98 Å². The van der Waals surface area contributed by atoms with Gasteiger partial charge in [0.25, 0.3) is 5.56 Å². The molecule has 0 saturated carbocycles. The second-order valence-corrected chi connectivity index (χ2v) is 8.71. The number of para-hydroxylation sites is 1. The standard InChI is InChI=1S/C23H30N8O2/c1-3-30-19-20(27-22(30)29-12-6-7-15(24)13-29)28(2)23(33)31(21(19)32)14-18-16-8-4-5-9-17(16)25-10-11-26-18/h4-5,8-9,15,25H,3,6-7,10-14,24H2,1-2H3. The van der Waals surface area contributed by atoms with Crippen molar-refractivity contribution in [2.45, 2.75) is 38.9 Å². The summed E-state index contributed by atoms with van der Waals surface area (Å²) in [6.07, 6.45) is 1.96. The summed E-state index contributed by atoms with van der Waals surface area (Å²) >= 11 is 0. The van der Waals surface area contributed by atoms with Crippen LogP contribution in [0.1, 0.15) is 25.3 Å². The van der Waals surface area contributed by atoms with Gasteiger partial charge in [-0.1, -0.05) is 18.2 Å². The number of aromatic nitrogens is 4. The summed E-state index contributed by atoms with van der Waals surface area (Å²) in [7, 11) is 1.67. The summed E-state index contributed by atoms with van der Waals surface area (Å²) in [4.78, 5) is 38.5. The normalized spacial score (nSPS) is 18.6. The van der Waals surface area contributed by atoms with Gasteiger partial charge in [-0.05, 0) is 25.8 Å². The Bertz CT molecular complexity index is 1350. The number of piperidine rings is 1. The molecule has 0 aliphatic carbocycles. The van der Waals surface area contributed by atoms with Gasteiger partial charge in [0.1, 0.15) is 0 Å². The lowest BCUT2D eigenvalue weighted by atomic mass is 10.1. The van der Waals surface area contributed by atoms with Crippen LogP contribution >= 0.6 is 0 Å². The van der Waals surface area contributed by atoms with Crippen molar-refractivity contribution in [1.82, 2.24) is 18.7 Å². The number of hydrogen-bond acceptors (Lipinski definition) is 7. The molecule has 0 spiro atoms. The van der Waals surface area contributed by atoms with E-state index in [1.807, 2.05) is 35.8 Å². The maximum Gasteiger partial charge on any atom is 0.332 e. The Morgan fingerprint density at radius 1 is 1.21 bits per heavy atom. The molecule has 1 unspecified atom stereocenters. The van der Waals surface area contributed by atoms with Crippen molar-refractivity contribution < 1.29 is 0 Å². The van der Waals surface area contributed by atoms with Gasteiger partial charge >= 0.3 is 5.69 Å². The first-order valence-electron chi connectivity index (χ1n) is 11.6. The minimum absolute atomic E-state index is 0.0753. The van der Waals surface area contributed by atoms with Crippen molar-refractivity contribution >= 4 is 28.5 Å². The molecule has 2 aliphatic rings. The fraction of sp³-hybridized carbons (Fsp3) is 0.478. The Labute approximate surface area is 191 Å². The van der Waals surface area contributed by atoms with Crippen LogP contribution in [0.3, 0.4) is 0 Å². The molecule has 1 atom stereocenters. The molecule has 4 heterocycles. The molecule has 1 aromatic carbocycles. The van der Waals surface area contributed by atoms with Gasteiger partial charge < -0.3 is 20.5 Å². The number of anilines is 2. The largest absolute Gasteiger partial charge is 0.383 e. The number of nitrogens with one attached hydrogen (secondary N) is 1. The Hall–Kier alpha value is -3.40. The van der Waals surface area contributed by atoms with E-state index in [1.165, 1.54) is 9.13 Å². The van der Waals surface area contributed by atoms with Crippen molar-refractivity contribution in [3.05, 3.63) is 50.7 Å². The van der Waals surface area contributed by atoms with Crippen LogP contribution in [0.2, 0.25) is 0 Å². The zero-order chi connectivity index (χ0) is 23.1. The van der Waals surface area contributed by atoms with Crippen LogP contribution in [0.15, 0.2) is 38.8 Å². The van der Waals surface area contributed by atoms with E-state index in [0.717, 1.165) is 36.3 Å². The van der Waals surface area contributed by atoms with Crippen molar-refractivity contribution in [2.75, 3.05) is 36.4 Å². The molecule has 2 aromatic heterocycles. The molecule has 0 bridgehead atoms. The summed E-state index contributed by atoms with van der Waals surface area (Å²) in [5.74, 6) is 0.703. The highest BCUT2D eigenvalue weighted by atomic mass is 16.2. The molecule has 0 amide bonds. The third-order valence-corrected chi connectivity index (χ3v) is 6.54. The first kappa shape index (κ1) is 21.4. The minimum Gasteiger partial charge on any atom is -0.383 e. The second-order valence-electron chi connectivity index (χ2n) is 8.71. The second kappa shape index (κ2) is 8.51. The van der Waals surface area contributed by atoms with Crippen LogP contribution in [0, 0.1) is 0 Å². The average molecular weight is 451 g/mol. The van der Waals surface area contributed by atoms with Gasteiger partial charge in [-0.25, -0.2) is 4.79 Å². The Kier molecular flexibility index (Phi) is 5.53. The molecule has 10 nitrogen and oxygen atoms in total. The maximum absolute atomic E-state index is 13.7. The Morgan fingerprint density at radius 3 is 2.82 bits per heavy atom. The summed E-state index contributed by atoms with van der Waals surface area (Å²) in [6.45, 7) is 5.47. The monoisotopic (exact) mass is 450 g/mol. The lowest BCUT2D eigenvalue weighted by molar-refractivity contribution is 0.494. The van der Waals surface area contributed by atoms with E-state index in [-0.39, 0.29) is 18.1 Å². The minimum atomic E-state index is -0.396. The van der Waals surface area contributed by atoms with Gasteiger partial charge in [0.05, 0.1) is 18.8 Å². The molecule has 174 valence electrons. The van der Waals surface area contributed by atoms with Gasteiger partial charge in [0.2, 0.25) is 5.95 Å². The molecule has 1 fully saturated rings. The van der Waals surface area contributed by atoms with Crippen molar-refractivity contribution in [3.8, 4) is 0 Å². The number of nitrogens with zero attached hydrogens (tertiary/aromatic N) is 6. The van der Waals surface area contributed by atoms with Crippen LogP contribution in [-0.2, 0) is 20.1 Å². The number of rotatable bonds is 4. The van der Waals surface area contributed by atoms with Gasteiger partial charge in [0.15, 0.2) is 11.2 Å². The third-order valence-electron chi connectivity index (χ3n) is 6.54. The lowest BCUT2D eigenvalue weighted by Crippen LogP contribution is -2.44. The quantitative estimate of drug-likeness (QED) is 0.606. The van der Waals surface area contributed by atoms with Gasteiger partial charge in [-0.15, -0.1) is 0 Å². The van der Waals surface area contributed by atoms with E-state index in [9.17, 15) is 9.59 Å². The van der Waals surface area contributed by atoms with E-state index >= 15 is 0 Å². The topological polar surface area (TPSA) is 115 Å². The smallest absolute Gasteiger partial charge is 0.332 e. The van der Waals surface area contributed by atoms with Crippen LogP contribution in [0.25, 0.3) is 11.2 Å². The molecule has 2 aliphatic heterocycles. The predicted molar refractivity (Wildman–Crippen MR) is 131 cm³/mol. The summed E-state index contributed by atoms with van der Waals surface area (Å²) in [5.41, 5.74) is 8.90. The summed E-state index contributed by atoms with van der Waals surface area (Å²) in [5, 5.41) is 3.36. The maximum atomic E-state index is 13.7. The van der Waals surface area contributed by atoms with Crippen molar-refractivity contribution in [2.24, 2.45) is 17.8 Å². The fourth-order valence-corrected chi connectivity index (χ4v) is 4.87. The Balaban J connectivity index is 1.65. The average Bonchev–Trinajstić information content (AvgIpc) is 3.10. The number of fused-ring (bicyclic) bond motifs is 2. The number of hydrogen-bond donors (Lipinski definition) is 2. The molecular formula is C23H30N8O2. The van der Waals surface area contributed by atoms with E-state index in [0.29, 0.717) is 43.3 Å². The molecular weight excluding hydrogens is 420 g/mol. The Morgan fingerprint density at radius 2 is 2.03 bits per heavy atom. The van der Waals surface area contributed by atoms with Crippen molar-refractivity contribution in [1.29, 1.82) is 0 Å². The molecule has 33 heavy (non-hydrogen) atoms. The number of benzodiazepines with no additional fused rings is 1. The molecule has 3 N–H and O–H groups in total. The van der Waals surface area contributed by atoms with Crippen LogP contribution in [0.4, 0.5) is 11.6 Å². The zero-order valence-electron chi connectivity index (χ0n) is 19.1. The highest BCUT2D eigenvalue weighted by molar-refractivity contribution is 6.05. The summed E-state index contributed by atoms with van der Waals surface area (Å²) in [6, 6.07) is 7.93. The van der Waals surface area contributed by atoms with Crippen LogP contribution < -0.4 is 27.2 Å². The van der Waals surface area contributed by atoms with Gasteiger partial charge in [-0.3, -0.25) is 18.9 Å².